The Morgan fingerprint density at radius 1 is 0.500 bits per heavy atom. The Morgan fingerprint density at radius 3 is 0.643 bits per heavy atom. The minimum atomic E-state index is -1.45. The van der Waals surface area contributed by atoms with Gasteiger partial charge in [0.15, 0.2) is 0 Å². The Bertz CT molecular complexity index is 124. The lowest BCUT2D eigenvalue weighted by atomic mass is 11.2. The van der Waals surface area contributed by atoms with Crippen molar-refractivity contribution in [1.82, 2.24) is 18.7 Å². The summed E-state index contributed by atoms with van der Waals surface area (Å²) in [6.07, 6.45) is 0. The van der Waals surface area contributed by atoms with E-state index in [1.807, 2.05) is 0 Å². The molecular formula is C8H24FN4P. The lowest BCUT2D eigenvalue weighted by molar-refractivity contribution is -0.00000317. The molecule has 0 unspecified atom stereocenters. The third kappa shape index (κ3) is 2.61. The van der Waals surface area contributed by atoms with Gasteiger partial charge in [0.25, 0.3) is 0 Å². The molecule has 0 saturated carbocycles. The number of nitrogens with zero attached hydrogens (tertiary/aromatic N) is 4. The van der Waals surface area contributed by atoms with Crippen LogP contribution in [0.4, 0.5) is 0 Å². The van der Waals surface area contributed by atoms with Gasteiger partial charge in [0.05, 0.1) is 0 Å². The average Bonchev–Trinajstić information content (AvgIpc) is 1.82. The van der Waals surface area contributed by atoms with Crippen molar-refractivity contribution >= 4 is 7.87 Å². The minimum absolute atomic E-state index is 0. The SMILES string of the molecule is CN(C)[P+](N(C)C)(N(C)C)N(C)C.[F-]. The molecule has 0 bridgehead atoms. The monoisotopic (exact) mass is 226 g/mol. The van der Waals surface area contributed by atoms with E-state index in [-0.39, 0.29) is 4.70 Å². The maximum Gasteiger partial charge on any atom is 0.306 e. The number of hydrogen-bond donors (Lipinski definition) is 0. The third-order valence-corrected chi connectivity index (χ3v) is 6.44. The normalized spacial score (nSPS) is 12.9. The van der Waals surface area contributed by atoms with Gasteiger partial charge in [-0.2, -0.15) is 0 Å². The summed E-state index contributed by atoms with van der Waals surface area (Å²) < 4.78 is 9.19. The van der Waals surface area contributed by atoms with Gasteiger partial charge in [0.1, 0.15) is 0 Å². The van der Waals surface area contributed by atoms with Crippen LogP contribution in [-0.2, 0) is 0 Å². The predicted octanol–water partition coefficient (Wildman–Crippen LogP) is -2.09. The standard InChI is InChI=1S/C8H24N4P.FH/c1-9(2)13(10(3)4,11(5)6)12(7)8;/h1-8H3;1H/q+1;/p-1. The van der Waals surface area contributed by atoms with Crippen molar-refractivity contribution in [2.75, 3.05) is 56.4 Å². The van der Waals surface area contributed by atoms with Crippen LogP contribution < -0.4 is 4.70 Å². The van der Waals surface area contributed by atoms with Gasteiger partial charge >= 0.3 is 7.87 Å². The first-order chi connectivity index (χ1) is 5.77. The van der Waals surface area contributed by atoms with E-state index in [0.29, 0.717) is 0 Å². The molecular weight excluding hydrogens is 202 g/mol. The van der Waals surface area contributed by atoms with Crippen LogP contribution in [0.25, 0.3) is 0 Å². The van der Waals surface area contributed by atoms with E-state index in [2.05, 4.69) is 75.1 Å². The molecule has 0 radical (unpaired) electrons. The van der Waals surface area contributed by atoms with Crippen molar-refractivity contribution in [2.45, 2.75) is 0 Å². The van der Waals surface area contributed by atoms with Crippen LogP contribution in [0.5, 0.6) is 0 Å². The van der Waals surface area contributed by atoms with Crippen LogP contribution in [0.1, 0.15) is 0 Å². The first-order valence-corrected chi connectivity index (χ1v) is 5.98. The van der Waals surface area contributed by atoms with Crippen LogP contribution in [0.2, 0.25) is 0 Å². The smallest absolute Gasteiger partial charge is 0.306 e. The molecule has 0 saturated heterocycles. The molecule has 0 atom stereocenters. The molecule has 0 rings (SSSR count). The number of halogens is 1. The molecule has 0 aliphatic heterocycles. The van der Waals surface area contributed by atoms with Crippen molar-refractivity contribution in [2.24, 2.45) is 0 Å². The largest absolute Gasteiger partial charge is 1.00 e. The van der Waals surface area contributed by atoms with E-state index >= 15 is 0 Å². The Kier molecular flexibility index (Phi) is 7.04. The molecule has 0 aromatic rings. The van der Waals surface area contributed by atoms with E-state index in [0.717, 1.165) is 0 Å². The van der Waals surface area contributed by atoms with Crippen molar-refractivity contribution in [3.8, 4) is 0 Å². The molecule has 14 heavy (non-hydrogen) atoms. The van der Waals surface area contributed by atoms with Crippen LogP contribution in [0.15, 0.2) is 0 Å². The molecule has 0 aromatic carbocycles. The lowest BCUT2D eigenvalue weighted by Gasteiger charge is -2.42. The number of rotatable bonds is 4. The Labute approximate surface area is 88.4 Å². The summed E-state index contributed by atoms with van der Waals surface area (Å²) in [7, 11) is 15.6. The second-order valence-corrected chi connectivity index (χ2v) is 8.20. The topological polar surface area (TPSA) is 13.0 Å². The van der Waals surface area contributed by atoms with Gasteiger partial charge in [-0.05, 0) is 0 Å². The van der Waals surface area contributed by atoms with Gasteiger partial charge in [-0.3, -0.25) is 0 Å². The molecule has 4 nitrogen and oxygen atoms in total. The molecule has 0 aliphatic carbocycles. The molecule has 0 aromatic heterocycles. The van der Waals surface area contributed by atoms with E-state index in [1.165, 1.54) is 0 Å². The van der Waals surface area contributed by atoms with Gasteiger partial charge in [0, 0.05) is 56.4 Å². The second-order valence-electron chi connectivity index (χ2n) is 3.93. The molecule has 0 aliphatic rings. The summed E-state index contributed by atoms with van der Waals surface area (Å²) in [4.78, 5) is 0. The summed E-state index contributed by atoms with van der Waals surface area (Å²) >= 11 is 0. The molecule has 6 heteroatoms. The zero-order valence-electron chi connectivity index (χ0n) is 10.6. The molecule has 0 amide bonds. The molecule has 88 valence electrons. The highest BCUT2D eigenvalue weighted by atomic mass is 31.2. The second kappa shape index (κ2) is 5.93. The fourth-order valence-corrected chi connectivity index (χ4v) is 6.44. The van der Waals surface area contributed by atoms with Crippen LogP contribution in [0.3, 0.4) is 0 Å². The number of hydrogen-bond acceptors (Lipinski definition) is 4. The molecule has 0 N–H and O–H groups in total. The van der Waals surface area contributed by atoms with Crippen molar-refractivity contribution in [1.29, 1.82) is 0 Å². The first-order valence-electron chi connectivity index (χ1n) is 4.38. The zero-order valence-corrected chi connectivity index (χ0v) is 11.5. The van der Waals surface area contributed by atoms with Gasteiger partial charge in [-0.15, -0.1) is 18.7 Å². The van der Waals surface area contributed by atoms with E-state index in [4.69, 9.17) is 0 Å². The van der Waals surface area contributed by atoms with E-state index in [9.17, 15) is 0 Å². The van der Waals surface area contributed by atoms with E-state index in [1.54, 1.807) is 0 Å². The van der Waals surface area contributed by atoms with E-state index < -0.39 is 7.87 Å². The first kappa shape index (κ1) is 16.6. The quantitative estimate of drug-likeness (QED) is 0.510. The Balaban J connectivity index is 0. The van der Waals surface area contributed by atoms with Crippen molar-refractivity contribution in [3.63, 3.8) is 0 Å². The summed E-state index contributed by atoms with van der Waals surface area (Å²) in [5.41, 5.74) is 0. The fourth-order valence-electron chi connectivity index (χ4n) is 2.15. The minimum Gasteiger partial charge on any atom is -1.00 e. The highest BCUT2D eigenvalue weighted by molar-refractivity contribution is 7.66. The summed E-state index contributed by atoms with van der Waals surface area (Å²) in [6.45, 7) is 0. The lowest BCUT2D eigenvalue weighted by Crippen LogP contribution is -3.00. The van der Waals surface area contributed by atoms with Gasteiger partial charge < -0.3 is 4.70 Å². The van der Waals surface area contributed by atoms with Crippen LogP contribution >= 0.6 is 7.87 Å². The van der Waals surface area contributed by atoms with Crippen LogP contribution in [0, 0.1) is 0 Å². The highest BCUT2D eigenvalue weighted by Crippen LogP contribution is 2.64. The predicted molar refractivity (Wildman–Crippen MR) is 61.7 cm³/mol. The summed E-state index contributed by atoms with van der Waals surface area (Å²) in [5.74, 6) is 0. The average molecular weight is 226 g/mol. The fraction of sp³-hybridized carbons (Fsp3) is 1.00. The van der Waals surface area contributed by atoms with Crippen molar-refractivity contribution < 1.29 is 4.70 Å². The maximum absolute atomic E-state index is 2.30. The summed E-state index contributed by atoms with van der Waals surface area (Å²) in [6, 6.07) is 0. The third-order valence-electron chi connectivity index (χ3n) is 2.15. The van der Waals surface area contributed by atoms with Gasteiger partial charge in [-0.25, -0.2) is 0 Å². The molecule has 0 heterocycles. The molecule has 0 spiro atoms. The van der Waals surface area contributed by atoms with Gasteiger partial charge in [-0.1, -0.05) is 0 Å². The highest BCUT2D eigenvalue weighted by Gasteiger charge is 2.50. The zero-order chi connectivity index (χ0) is 10.8. The summed E-state index contributed by atoms with van der Waals surface area (Å²) in [5, 5.41) is 0. The van der Waals surface area contributed by atoms with Crippen LogP contribution in [-0.4, -0.2) is 75.1 Å². The van der Waals surface area contributed by atoms with Gasteiger partial charge in [0.2, 0.25) is 0 Å². The molecule has 0 fully saturated rings. The van der Waals surface area contributed by atoms with Crippen molar-refractivity contribution in [3.05, 3.63) is 0 Å². The maximum atomic E-state index is 2.30. The Hall–Kier alpha value is 0.200. The Morgan fingerprint density at radius 2 is 0.643 bits per heavy atom.